The highest BCUT2D eigenvalue weighted by Crippen LogP contribution is 2.28. The van der Waals surface area contributed by atoms with Gasteiger partial charge in [0.2, 0.25) is 0 Å². The minimum absolute atomic E-state index is 0.342. The number of nitrogens with zero attached hydrogens (tertiary/aromatic N) is 2. The van der Waals surface area contributed by atoms with Crippen LogP contribution in [0.15, 0.2) is 30.5 Å². The lowest BCUT2D eigenvalue weighted by Gasteiger charge is -2.25. The fourth-order valence-electron chi connectivity index (χ4n) is 2.52. The van der Waals surface area contributed by atoms with Crippen molar-refractivity contribution in [2.75, 3.05) is 0 Å². The third kappa shape index (κ3) is 3.10. The van der Waals surface area contributed by atoms with Crippen LogP contribution in [0, 0.1) is 13.8 Å². The zero-order chi connectivity index (χ0) is 14.9. The Labute approximate surface area is 121 Å². The second-order valence-corrected chi connectivity index (χ2v) is 6.15. The van der Waals surface area contributed by atoms with Crippen molar-refractivity contribution < 1.29 is 5.11 Å². The van der Waals surface area contributed by atoms with E-state index in [9.17, 15) is 5.11 Å². The van der Waals surface area contributed by atoms with Gasteiger partial charge in [-0.2, -0.15) is 5.10 Å². The molecule has 0 amide bonds. The average molecular weight is 272 g/mol. The summed E-state index contributed by atoms with van der Waals surface area (Å²) < 4.78 is 1.93. The molecule has 2 rings (SSSR count). The first-order chi connectivity index (χ1) is 9.29. The molecular weight excluding hydrogens is 248 g/mol. The largest absolute Gasteiger partial charge is 0.385 e. The normalized spacial score (nSPS) is 14.6. The molecule has 2 aromatic rings. The van der Waals surface area contributed by atoms with Crippen molar-refractivity contribution in [3.05, 3.63) is 52.8 Å². The molecular formula is C17H24N2O. The van der Waals surface area contributed by atoms with Crippen LogP contribution in [0.4, 0.5) is 0 Å². The lowest BCUT2D eigenvalue weighted by molar-refractivity contribution is 0.0557. The van der Waals surface area contributed by atoms with Crippen LogP contribution in [-0.2, 0) is 12.0 Å². The van der Waals surface area contributed by atoms with E-state index in [-0.39, 0.29) is 0 Å². The Morgan fingerprint density at radius 1 is 1.25 bits per heavy atom. The second kappa shape index (κ2) is 5.41. The lowest BCUT2D eigenvalue weighted by Crippen LogP contribution is -2.26. The van der Waals surface area contributed by atoms with Gasteiger partial charge in [0.15, 0.2) is 0 Å². The minimum atomic E-state index is -0.897. The van der Waals surface area contributed by atoms with Gasteiger partial charge in [-0.15, -0.1) is 0 Å². The predicted octanol–water partition coefficient (Wildman–Crippen LogP) is 3.53. The molecule has 0 radical (unpaired) electrons. The Bertz CT molecular complexity index is 597. The van der Waals surface area contributed by atoms with Gasteiger partial charge in [0.25, 0.3) is 0 Å². The number of hydrogen-bond acceptors (Lipinski definition) is 2. The predicted molar refractivity (Wildman–Crippen MR) is 81.8 cm³/mol. The summed E-state index contributed by atoms with van der Waals surface area (Å²) in [7, 11) is 0. The highest BCUT2D eigenvalue weighted by Gasteiger charge is 2.26. The highest BCUT2D eigenvalue weighted by atomic mass is 16.3. The van der Waals surface area contributed by atoms with Crippen molar-refractivity contribution in [3.63, 3.8) is 0 Å². The molecule has 20 heavy (non-hydrogen) atoms. The number of hydrogen-bond donors (Lipinski definition) is 1. The van der Waals surface area contributed by atoms with Gasteiger partial charge in [0.1, 0.15) is 0 Å². The standard InChI is InChI=1S/C17H24N2O/c1-12(2)19-9-8-15(18-19)11-17(5,20)16-10-13(3)6-7-14(16)4/h6-10,12,20H,11H2,1-5H3. The molecule has 0 bridgehead atoms. The Balaban J connectivity index is 2.27. The molecule has 1 unspecified atom stereocenters. The number of aliphatic hydroxyl groups is 1. The molecule has 0 saturated heterocycles. The topological polar surface area (TPSA) is 38.0 Å². The fraction of sp³-hybridized carbons (Fsp3) is 0.471. The van der Waals surface area contributed by atoms with Crippen molar-refractivity contribution in [3.8, 4) is 0 Å². The summed E-state index contributed by atoms with van der Waals surface area (Å²) in [6.45, 7) is 10.1. The van der Waals surface area contributed by atoms with Gasteiger partial charge in [-0.05, 0) is 51.8 Å². The maximum atomic E-state index is 10.8. The first-order valence-corrected chi connectivity index (χ1v) is 7.14. The molecule has 3 heteroatoms. The number of rotatable bonds is 4. The van der Waals surface area contributed by atoms with Gasteiger partial charge >= 0.3 is 0 Å². The first kappa shape index (κ1) is 14.8. The SMILES string of the molecule is Cc1ccc(C)c(C(C)(O)Cc2ccn(C(C)C)n2)c1. The molecule has 1 atom stereocenters. The van der Waals surface area contributed by atoms with Gasteiger partial charge in [-0.1, -0.05) is 23.8 Å². The van der Waals surface area contributed by atoms with Crippen LogP contribution in [0.2, 0.25) is 0 Å². The van der Waals surface area contributed by atoms with Crippen molar-refractivity contribution in [1.29, 1.82) is 0 Å². The molecule has 1 aromatic heterocycles. The third-order valence-corrected chi connectivity index (χ3v) is 3.69. The van der Waals surface area contributed by atoms with Crippen molar-refractivity contribution in [2.45, 2.75) is 52.7 Å². The molecule has 0 aliphatic heterocycles. The zero-order valence-electron chi connectivity index (χ0n) is 13.0. The lowest BCUT2D eigenvalue weighted by atomic mass is 9.87. The van der Waals surface area contributed by atoms with Crippen LogP contribution in [0.3, 0.4) is 0 Å². The quantitative estimate of drug-likeness (QED) is 0.924. The highest BCUT2D eigenvalue weighted by molar-refractivity contribution is 5.35. The molecule has 0 aliphatic rings. The van der Waals surface area contributed by atoms with E-state index >= 15 is 0 Å². The van der Waals surface area contributed by atoms with Crippen molar-refractivity contribution >= 4 is 0 Å². The van der Waals surface area contributed by atoms with Crippen molar-refractivity contribution in [2.24, 2.45) is 0 Å². The maximum absolute atomic E-state index is 10.8. The third-order valence-electron chi connectivity index (χ3n) is 3.69. The maximum Gasteiger partial charge on any atom is 0.0927 e. The summed E-state index contributed by atoms with van der Waals surface area (Å²) in [5.74, 6) is 0. The summed E-state index contributed by atoms with van der Waals surface area (Å²) in [4.78, 5) is 0. The number of benzene rings is 1. The number of aryl methyl sites for hydroxylation is 2. The van der Waals surface area contributed by atoms with E-state index in [1.54, 1.807) is 0 Å². The second-order valence-electron chi connectivity index (χ2n) is 6.15. The summed E-state index contributed by atoms with van der Waals surface area (Å²) in [5.41, 5.74) is 3.29. The Morgan fingerprint density at radius 3 is 2.55 bits per heavy atom. The summed E-state index contributed by atoms with van der Waals surface area (Å²) >= 11 is 0. The summed E-state index contributed by atoms with van der Waals surface area (Å²) in [5, 5.41) is 15.4. The van der Waals surface area contributed by atoms with E-state index in [0.29, 0.717) is 12.5 Å². The average Bonchev–Trinajstić information content (AvgIpc) is 2.80. The van der Waals surface area contributed by atoms with E-state index in [2.05, 4.69) is 37.1 Å². The van der Waals surface area contributed by atoms with Gasteiger partial charge < -0.3 is 5.11 Å². The molecule has 1 N–H and O–H groups in total. The molecule has 0 fully saturated rings. The molecule has 108 valence electrons. The van der Waals surface area contributed by atoms with Crippen molar-refractivity contribution in [1.82, 2.24) is 9.78 Å². The van der Waals surface area contributed by atoms with Gasteiger partial charge in [-0.25, -0.2) is 0 Å². The Morgan fingerprint density at radius 2 is 1.95 bits per heavy atom. The smallest absolute Gasteiger partial charge is 0.0927 e. The van der Waals surface area contributed by atoms with Crippen LogP contribution in [0.5, 0.6) is 0 Å². The molecule has 1 aromatic carbocycles. The van der Waals surface area contributed by atoms with Crippen LogP contribution >= 0.6 is 0 Å². The van der Waals surface area contributed by atoms with E-state index < -0.39 is 5.60 Å². The van der Waals surface area contributed by atoms with Crippen LogP contribution in [-0.4, -0.2) is 14.9 Å². The van der Waals surface area contributed by atoms with E-state index in [4.69, 9.17) is 0 Å². The zero-order valence-corrected chi connectivity index (χ0v) is 13.0. The van der Waals surface area contributed by atoms with Gasteiger partial charge in [0.05, 0.1) is 11.3 Å². The summed E-state index contributed by atoms with van der Waals surface area (Å²) in [6.07, 6.45) is 2.50. The Kier molecular flexibility index (Phi) is 4.00. The molecule has 1 heterocycles. The van der Waals surface area contributed by atoms with E-state index in [1.165, 1.54) is 5.56 Å². The molecule has 0 aliphatic carbocycles. The van der Waals surface area contributed by atoms with Crippen LogP contribution in [0.25, 0.3) is 0 Å². The fourth-order valence-corrected chi connectivity index (χ4v) is 2.52. The summed E-state index contributed by atoms with van der Waals surface area (Å²) in [6, 6.07) is 8.53. The Hall–Kier alpha value is -1.61. The van der Waals surface area contributed by atoms with Crippen LogP contribution in [0.1, 0.15) is 49.2 Å². The van der Waals surface area contributed by atoms with Crippen LogP contribution < -0.4 is 0 Å². The van der Waals surface area contributed by atoms with E-state index in [0.717, 1.165) is 16.8 Å². The molecule has 0 saturated carbocycles. The van der Waals surface area contributed by atoms with Gasteiger partial charge in [-0.3, -0.25) is 4.68 Å². The monoisotopic (exact) mass is 272 g/mol. The van der Waals surface area contributed by atoms with Gasteiger partial charge in [0, 0.05) is 18.7 Å². The first-order valence-electron chi connectivity index (χ1n) is 7.14. The van der Waals surface area contributed by atoms with E-state index in [1.807, 2.05) is 37.7 Å². The minimum Gasteiger partial charge on any atom is -0.385 e. The number of aromatic nitrogens is 2. The molecule has 3 nitrogen and oxygen atoms in total. The molecule has 0 spiro atoms.